The van der Waals surface area contributed by atoms with Gasteiger partial charge in [-0.1, -0.05) is 12.1 Å². The first-order valence-corrected chi connectivity index (χ1v) is 6.06. The van der Waals surface area contributed by atoms with Gasteiger partial charge in [0.2, 0.25) is 0 Å². The van der Waals surface area contributed by atoms with Gasteiger partial charge in [0, 0.05) is 5.69 Å². The molecule has 1 unspecified atom stereocenters. The molecule has 2 aromatic carbocycles. The number of phenolic OH excluding ortho intramolecular Hbond substituents is 1. The zero-order valence-electron chi connectivity index (χ0n) is 9.97. The van der Waals surface area contributed by atoms with Crippen LogP contribution in [0, 0.1) is 0 Å². The van der Waals surface area contributed by atoms with E-state index in [2.05, 4.69) is 0 Å². The molecule has 0 saturated carbocycles. The van der Waals surface area contributed by atoms with Crippen molar-refractivity contribution >= 4 is 5.69 Å². The van der Waals surface area contributed by atoms with Gasteiger partial charge in [-0.2, -0.15) is 0 Å². The molecule has 2 aromatic rings. The van der Waals surface area contributed by atoms with E-state index in [9.17, 15) is 5.11 Å². The number of benzene rings is 2. The summed E-state index contributed by atoms with van der Waals surface area (Å²) in [5, 5.41) is 9.29. The summed E-state index contributed by atoms with van der Waals surface area (Å²) in [5.74, 6) is 1.19. The molecule has 0 radical (unpaired) electrons. The molecule has 0 bridgehead atoms. The molecule has 3 nitrogen and oxygen atoms in total. The molecule has 0 amide bonds. The van der Waals surface area contributed by atoms with Gasteiger partial charge < -0.3 is 15.6 Å². The smallest absolute Gasteiger partial charge is 0.124 e. The molecule has 3 N–H and O–H groups in total. The highest BCUT2D eigenvalue weighted by Gasteiger charge is 2.21. The first-order valence-electron chi connectivity index (χ1n) is 6.06. The Hall–Kier alpha value is -2.16. The molecule has 3 heteroatoms. The molecule has 1 aliphatic rings. The van der Waals surface area contributed by atoms with Gasteiger partial charge in [0.1, 0.15) is 17.6 Å². The van der Waals surface area contributed by atoms with E-state index in [1.165, 1.54) is 5.56 Å². The second-order valence-corrected chi connectivity index (χ2v) is 4.60. The van der Waals surface area contributed by atoms with Crippen molar-refractivity contribution in [1.82, 2.24) is 0 Å². The van der Waals surface area contributed by atoms with Gasteiger partial charge in [0.05, 0.1) is 0 Å². The Kier molecular flexibility index (Phi) is 2.59. The van der Waals surface area contributed by atoms with E-state index in [4.69, 9.17) is 10.5 Å². The lowest BCUT2D eigenvalue weighted by Gasteiger charge is -2.26. The molecular formula is C15H15NO2. The van der Waals surface area contributed by atoms with E-state index >= 15 is 0 Å². The average Bonchev–Trinajstić information content (AvgIpc) is 2.39. The maximum Gasteiger partial charge on any atom is 0.124 e. The summed E-state index contributed by atoms with van der Waals surface area (Å²) in [6.45, 7) is 0. The van der Waals surface area contributed by atoms with Crippen molar-refractivity contribution in [3.8, 4) is 11.5 Å². The standard InChI is InChI=1S/C15H15NO2/c16-12-4-8-15-11(9-12)3-7-14(18-15)10-1-5-13(17)6-2-10/h1-2,4-6,8-9,14,17H,3,7,16H2. The third-order valence-corrected chi connectivity index (χ3v) is 3.29. The van der Waals surface area contributed by atoms with Crippen molar-refractivity contribution in [1.29, 1.82) is 0 Å². The van der Waals surface area contributed by atoms with Gasteiger partial charge in [0.25, 0.3) is 0 Å². The predicted molar refractivity (Wildman–Crippen MR) is 70.7 cm³/mol. The fourth-order valence-corrected chi connectivity index (χ4v) is 2.33. The second kappa shape index (κ2) is 4.26. The third kappa shape index (κ3) is 1.99. The molecule has 0 saturated heterocycles. The van der Waals surface area contributed by atoms with Crippen molar-refractivity contribution in [2.45, 2.75) is 18.9 Å². The van der Waals surface area contributed by atoms with Crippen molar-refractivity contribution in [3.05, 3.63) is 53.6 Å². The number of anilines is 1. The van der Waals surface area contributed by atoms with Crippen LogP contribution in [0.3, 0.4) is 0 Å². The number of ether oxygens (including phenoxy) is 1. The topological polar surface area (TPSA) is 55.5 Å². The molecule has 0 spiro atoms. The maximum atomic E-state index is 9.29. The minimum Gasteiger partial charge on any atom is -0.508 e. The number of rotatable bonds is 1. The van der Waals surface area contributed by atoms with E-state index in [-0.39, 0.29) is 11.9 Å². The monoisotopic (exact) mass is 241 g/mol. The second-order valence-electron chi connectivity index (χ2n) is 4.60. The first kappa shape index (κ1) is 11.0. The number of aryl methyl sites for hydroxylation is 1. The number of aromatic hydroxyl groups is 1. The maximum absolute atomic E-state index is 9.29. The van der Waals surface area contributed by atoms with Crippen LogP contribution >= 0.6 is 0 Å². The van der Waals surface area contributed by atoms with Gasteiger partial charge in [-0.15, -0.1) is 0 Å². The van der Waals surface area contributed by atoms with Crippen LogP contribution in [0.4, 0.5) is 5.69 Å². The zero-order chi connectivity index (χ0) is 12.5. The SMILES string of the molecule is Nc1ccc2c(c1)CCC(c1ccc(O)cc1)O2. The quantitative estimate of drug-likeness (QED) is 0.754. The normalized spacial score (nSPS) is 17.9. The Balaban J connectivity index is 1.86. The van der Waals surface area contributed by atoms with Crippen LogP contribution in [0.5, 0.6) is 11.5 Å². The third-order valence-electron chi connectivity index (χ3n) is 3.29. The number of phenols is 1. The average molecular weight is 241 g/mol. The lowest BCUT2D eigenvalue weighted by molar-refractivity contribution is 0.176. The first-order chi connectivity index (χ1) is 8.72. The Morgan fingerprint density at radius 2 is 1.89 bits per heavy atom. The number of fused-ring (bicyclic) bond motifs is 1. The summed E-state index contributed by atoms with van der Waals surface area (Å²) < 4.78 is 5.98. The largest absolute Gasteiger partial charge is 0.508 e. The summed E-state index contributed by atoms with van der Waals surface area (Å²) in [5.41, 5.74) is 8.80. The highest BCUT2D eigenvalue weighted by Crippen LogP contribution is 2.35. The van der Waals surface area contributed by atoms with Gasteiger partial charge in [-0.25, -0.2) is 0 Å². The number of nitrogens with two attached hydrogens (primary N) is 1. The highest BCUT2D eigenvalue weighted by atomic mass is 16.5. The Morgan fingerprint density at radius 1 is 1.11 bits per heavy atom. The van der Waals surface area contributed by atoms with Crippen LogP contribution in [0.25, 0.3) is 0 Å². The van der Waals surface area contributed by atoms with Crippen LogP contribution in [-0.2, 0) is 6.42 Å². The fraction of sp³-hybridized carbons (Fsp3) is 0.200. The molecule has 18 heavy (non-hydrogen) atoms. The molecule has 1 atom stereocenters. The lowest BCUT2D eigenvalue weighted by atomic mass is 9.97. The van der Waals surface area contributed by atoms with Gasteiger partial charge >= 0.3 is 0 Å². The summed E-state index contributed by atoms with van der Waals surface area (Å²) in [7, 11) is 0. The van der Waals surface area contributed by atoms with Crippen molar-refractivity contribution in [2.24, 2.45) is 0 Å². The minimum absolute atomic E-state index is 0.0572. The lowest BCUT2D eigenvalue weighted by Crippen LogP contribution is -2.15. The molecule has 1 aliphatic heterocycles. The van der Waals surface area contributed by atoms with Gasteiger partial charge in [-0.05, 0) is 54.3 Å². The molecule has 0 fully saturated rings. The number of hydrogen-bond donors (Lipinski definition) is 2. The Bertz CT molecular complexity index is 563. The van der Waals surface area contributed by atoms with Crippen LogP contribution < -0.4 is 10.5 Å². The van der Waals surface area contributed by atoms with Crippen LogP contribution in [-0.4, -0.2) is 5.11 Å². The molecule has 92 valence electrons. The molecule has 1 heterocycles. The molecular weight excluding hydrogens is 226 g/mol. The van der Waals surface area contributed by atoms with Gasteiger partial charge in [-0.3, -0.25) is 0 Å². The van der Waals surface area contributed by atoms with Crippen molar-refractivity contribution in [2.75, 3.05) is 5.73 Å². The Morgan fingerprint density at radius 3 is 2.67 bits per heavy atom. The molecule has 0 aliphatic carbocycles. The van der Waals surface area contributed by atoms with Crippen LogP contribution in [0.15, 0.2) is 42.5 Å². The van der Waals surface area contributed by atoms with E-state index < -0.39 is 0 Å². The van der Waals surface area contributed by atoms with Crippen molar-refractivity contribution in [3.63, 3.8) is 0 Å². The van der Waals surface area contributed by atoms with Crippen molar-refractivity contribution < 1.29 is 9.84 Å². The van der Waals surface area contributed by atoms with E-state index in [1.54, 1.807) is 12.1 Å². The summed E-state index contributed by atoms with van der Waals surface area (Å²) in [6.07, 6.45) is 1.95. The van der Waals surface area contributed by atoms with Gasteiger partial charge in [0.15, 0.2) is 0 Å². The van der Waals surface area contributed by atoms with E-state index in [0.29, 0.717) is 0 Å². The van der Waals surface area contributed by atoms with Crippen LogP contribution in [0.2, 0.25) is 0 Å². The number of nitrogen functional groups attached to an aromatic ring is 1. The highest BCUT2D eigenvalue weighted by molar-refractivity contribution is 5.49. The minimum atomic E-state index is 0.0572. The van der Waals surface area contributed by atoms with Crippen LogP contribution in [0.1, 0.15) is 23.7 Å². The fourth-order valence-electron chi connectivity index (χ4n) is 2.33. The number of hydrogen-bond acceptors (Lipinski definition) is 3. The molecule has 0 aromatic heterocycles. The predicted octanol–water partition coefficient (Wildman–Crippen LogP) is 3.04. The molecule has 3 rings (SSSR count). The van der Waals surface area contributed by atoms with E-state index in [1.807, 2.05) is 30.3 Å². The Labute approximate surface area is 106 Å². The summed E-state index contributed by atoms with van der Waals surface area (Å²) in [4.78, 5) is 0. The summed E-state index contributed by atoms with van der Waals surface area (Å²) >= 11 is 0. The zero-order valence-corrected chi connectivity index (χ0v) is 9.97. The van der Waals surface area contributed by atoms with E-state index in [0.717, 1.165) is 29.8 Å². The summed E-state index contributed by atoms with van der Waals surface area (Å²) in [6, 6.07) is 13.0.